The number of rotatable bonds is 6. The van der Waals surface area contributed by atoms with E-state index in [0.29, 0.717) is 63.4 Å². The minimum atomic E-state index is -2.41. The Bertz CT molecular complexity index is 1710. The van der Waals surface area contributed by atoms with Gasteiger partial charge in [0.1, 0.15) is 30.1 Å². The Morgan fingerprint density at radius 1 is 0.862 bits per heavy atom. The van der Waals surface area contributed by atoms with Gasteiger partial charge in [0.25, 0.3) is 11.7 Å². The second kappa shape index (κ2) is 25.3. The van der Waals surface area contributed by atoms with Crippen LogP contribution < -0.4 is 0 Å². The van der Waals surface area contributed by atoms with Crippen molar-refractivity contribution in [2.75, 3.05) is 27.9 Å². The summed E-state index contributed by atoms with van der Waals surface area (Å²) in [6.07, 6.45) is 9.61. The number of aliphatic hydroxyl groups excluding tert-OH is 2. The average Bonchev–Trinajstić information content (AvgIpc) is 3.28. The molecule has 3 N–H and O–H groups in total. The van der Waals surface area contributed by atoms with Crippen molar-refractivity contribution in [1.29, 1.82) is 0 Å². The van der Waals surface area contributed by atoms with Crippen molar-refractivity contribution in [1.82, 2.24) is 4.90 Å². The molecule has 15 atom stereocenters. The van der Waals surface area contributed by atoms with Crippen molar-refractivity contribution in [2.24, 2.45) is 35.5 Å². The second-order valence-electron chi connectivity index (χ2n) is 19.9. The van der Waals surface area contributed by atoms with E-state index >= 15 is 0 Å². The average molecular weight is 916 g/mol. The molecule has 3 aliphatic heterocycles. The summed E-state index contributed by atoms with van der Waals surface area (Å²) in [6, 6.07) is -1.13. The van der Waals surface area contributed by atoms with Gasteiger partial charge in [-0.25, -0.2) is 4.79 Å². The third-order valence-electron chi connectivity index (χ3n) is 14.7. The lowest BCUT2D eigenvalue weighted by molar-refractivity contribution is -0.265. The summed E-state index contributed by atoms with van der Waals surface area (Å²) in [5.74, 6) is -7.80. The smallest absolute Gasteiger partial charge is 0.329 e. The van der Waals surface area contributed by atoms with Gasteiger partial charge in [-0.1, -0.05) is 58.9 Å². The van der Waals surface area contributed by atoms with Gasteiger partial charge in [0, 0.05) is 58.5 Å². The number of ether oxygens (including phenoxy) is 5. The molecule has 0 spiro atoms. The molecule has 0 unspecified atom stereocenters. The molecule has 4 rings (SSSR count). The first-order valence-corrected chi connectivity index (χ1v) is 24.2. The number of hydrogen-bond acceptors (Lipinski definition) is 13. The van der Waals surface area contributed by atoms with E-state index in [1.807, 2.05) is 27.7 Å². The Balaban J connectivity index is 1.69. The Kier molecular flexibility index (Phi) is 21.2. The van der Waals surface area contributed by atoms with E-state index in [2.05, 4.69) is 18.2 Å². The van der Waals surface area contributed by atoms with Crippen LogP contribution in [0.5, 0.6) is 0 Å². The maximum absolute atomic E-state index is 14.4. The number of cyclic esters (lactones) is 1. The minimum absolute atomic E-state index is 0.0706. The lowest BCUT2D eigenvalue weighted by Crippen LogP contribution is -2.61. The van der Waals surface area contributed by atoms with Crippen molar-refractivity contribution in [3.63, 3.8) is 0 Å². The van der Waals surface area contributed by atoms with Gasteiger partial charge < -0.3 is 43.9 Å². The van der Waals surface area contributed by atoms with E-state index in [1.54, 1.807) is 41.1 Å². The molecule has 2 bridgehead atoms. The zero-order valence-corrected chi connectivity index (χ0v) is 40.9. The molecule has 4 aliphatic rings. The number of allylic oxidation sites excluding steroid dienone is 4. The summed E-state index contributed by atoms with van der Waals surface area (Å²) in [5, 5.41) is 33.9. The van der Waals surface area contributed by atoms with E-state index in [9.17, 15) is 39.3 Å². The molecule has 14 nitrogen and oxygen atoms in total. The predicted molar refractivity (Wildman–Crippen MR) is 245 cm³/mol. The van der Waals surface area contributed by atoms with Gasteiger partial charge in [0.2, 0.25) is 5.79 Å². The number of esters is 1. The number of ketones is 3. The summed E-state index contributed by atoms with van der Waals surface area (Å²) in [5.41, 5.74) is 1.36. The van der Waals surface area contributed by atoms with Crippen LogP contribution in [0.2, 0.25) is 0 Å². The molecule has 3 fully saturated rings. The molecule has 0 aromatic heterocycles. The third-order valence-corrected chi connectivity index (χ3v) is 14.7. The summed E-state index contributed by atoms with van der Waals surface area (Å²) < 4.78 is 29.4. The van der Waals surface area contributed by atoms with Crippen molar-refractivity contribution >= 4 is 29.2 Å². The maximum Gasteiger partial charge on any atom is 0.329 e. The Morgan fingerprint density at radius 2 is 1.58 bits per heavy atom. The quantitative estimate of drug-likeness (QED) is 0.151. The number of hydrogen-bond donors (Lipinski definition) is 3. The van der Waals surface area contributed by atoms with E-state index < -0.39 is 77.8 Å². The van der Waals surface area contributed by atoms with Crippen molar-refractivity contribution in [3.05, 3.63) is 35.5 Å². The largest absolute Gasteiger partial charge is 0.460 e. The summed E-state index contributed by atoms with van der Waals surface area (Å²) in [6.45, 7) is 12.9. The lowest BCUT2D eigenvalue weighted by Gasteiger charge is -2.42. The van der Waals surface area contributed by atoms with Gasteiger partial charge in [-0.2, -0.15) is 0 Å². The van der Waals surface area contributed by atoms with E-state index in [1.165, 1.54) is 12.0 Å². The number of Topliss-reactive ketones (excluding diaryl/α,β-unsaturated/α-hetero) is 3. The Labute approximate surface area is 387 Å². The molecule has 1 saturated carbocycles. The fraction of sp³-hybridized carbons (Fsp3) is 0.784. The molecular formula is C51H81NO13. The first-order valence-electron chi connectivity index (χ1n) is 24.2. The van der Waals surface area contributed by atoms with Crippen molar-refractivity contribution in [2.45, 2.75) is 193 Å². The van der Waals surface area contributed by atoms with Crippen LogP contribution in [0.25, 0.3) is 0 Å². The fourth-order valence-corrected chi connectivity index (χ4v) is 10.4. The number of piperidine rings is 1. The van der Waals surface area contributed by atoms with Crippen LogP contribution in [0.4, 0.5) is 0 Å². The van der Waals surface area contributed by atoms with Gasteiger partial charge >= 0.3 is 5.97 Å². The third kappa shape index (κ3) is 14.4. The predicted octanol–water partition coefficient (Wildman–Crippen LogP) is 6.40. The van der Waals surface area contributed by atoms with E-state index in [0.717, 1.165) is 24.8 Å². The lowest BCUT2D eigenvalue weighted by atomic mass is 9.78. The monoisotopic (exact) mass is 916 g/mol. The number of nitrogens with zero attached hydrogens (tertiary/aromatic N) is 1. The number of amides is 1. The molecule has 1 amide bonds. The highest BCUT2D eigenvalue weighted by atomic mass is 16.6. The molecule has 65 heavy (non-hydrogen) atoms. The molecule has 0 aromatic carbocycles. The van der Waals surface area contributed by atoms with Gasteiger partial charge in [0.05, 0.1) is 24.4 Å². The van der Waals surface area contributed by atoms with Gasteiger partial charge in [-0.15, -0.1) is 0 Å². The first kappa shape index (κ1) is 54.5. The van der Waals surface area contributed by atoms with Crippen LogP contribution in [0.15, 0.2) is 35.5 Å². The van der Waals surface area contributed by atoms with Crippen LogP contribution in [0, 0.1) is 35.5 Å². The number of methoxy groups -OCH3 is 3. The summed E-state index contributed by atoms with van der Waals surface area (Å²) in [7, 11) is 4.56. The second-order valence-corrected chi connectivity index (χ2v) is 19.9. The zero-order chi connectivity index (χ0) is 48.2. The fourth-order valence-electron chi connectivity index (χ4n) is 10.4. The number of aliphatic hydroxyl groups is 3. The molecule has 3 heterocycles. The molecule has 0 aromatic rings. The minimum Gasteiger partial charge on any atom is -0.460 e. The van der Waals surface area contributed by atoms with Crippen LogP contribution in [0.1, 0.15) is 138 Å². The van der Waals surface area contributed by atoms with Crippen LogP contribution in [-0.4, -0.2) is 132 Å². The van der Waals surface area contributed by atoms with Crippen LogP contribution in [-0.2, 0) is 47.7 Å². The number of fused-ring (bicyclic) bond motifs is 3. The van der Waals surface area contributed by atoms with E-state index in [4.69, 9.17) is 23.7 Å². The number of carbonyl (C=O) groups excluding carboxylic acids is 5. The van der Waals surface area contributed by atoms with Gasteiger partial charge in [-0.3, -0.25) is 19.2 Å². The SMILES string of the molecule is CO[C@H]1C[C@@H]2CC[C@@H](C)[C@@](O)(O2)C(=O)C(=O)N2CCCC[C@H]2C(=O)O[C@H]([C@H](C)C[C@H]2CC[C@@H](O)[C@H](OC)C2)CC(=O)[C@H](C)/C=C(\C)[C@@H](O)[C@@H](OC)C(=O)[C@H](C)C[C@H](C)/C=C/CC/C=C/1C. The molecule has 1 aliphatic carbocycles. The van der Waals surface area contributed by atoms with Gasteiger partial charge in [-0.05, 0) is 120 Å². The number of carbonyl (C=O) groups is 5. The maximum atomic E-state index is 14.4. The highest BCUT2D eigenvalue weighted by molar-refractivity contribution is 6.39. The molecular weight excluding hydrogens is 835 g/mol. The highest BCUT2D eigenvalue weighted by Crippen LogP contribution is 2.38. The van der Waals surface area contributed by atoms with Crippen molar-refractivity contribution < 1.29 is 63.0 Å². The highest BCUT2D eigenvalue weighted by Gasteiger charge is 2.53. The summed E-state index contributed by atoms with van der Waals surface area (Å²) in [4.78, 5) is 71.8. The van der Waals surface area contributed by atoms with Gasteiger partial charge in [0.15, 0.2) is 5.78 Å². The molecule has 368 valence electrons. The van der Waals surface area contributed by atoms with E-state index in [-0.39, 0.29) is 60.9 Å². The van der Waals surface area contributed by atoms with Crippen LogP contribution >= 0.6 is 0 Å². The summed E-state index contributed by atoms with van der Waals surface area (Å²) >= 11 is 0. The topological polar surface area (TPSA) is 195 Å². The Hall–Kier alpha value is -3.11. The molecule has 0 radical (unpaired) electrons. The standard InChI is InChI=1S/C51H81NO13/c1-30-16-12-11-13-17-31(2)42(61-8)28-38-21-19-36(7)51(60,65-38)48(57)49(58)52-23-15-14-18-39(52)50(59)64-43(33(4)26-37-20-22-40(53)44(27-37)62-9)29-41(54)32(3)25-35(6)46(56)47(63-10)45(55)34(5)24-30/h12,16-17,25,30,32-34,36-40,42-44,46-47,53,56,60H,11,13-15,18-24,26-29H2,1-10H3/b16-12+,31-17+,35-25+/t30-,32-,33-,34-,36-,37-,38+,39+,40-,42+,43+,44-,46-,47+,51-/m1/s1. The first-order chi connectivity index (χ1) is 30.7. The Morgan fingerprint density at radius 3 is 2.26 bits per heavy atom. The normalized spacial score (nSPS) is 40.2. The van der Waals surface area contributed by atoms with Crippen molar-refractivity contribution in [3.8, 4) is 0 Å². The zero-order valence-electron chi connectivity index (χ0n) is 40.9. The molecule has 14 heteroatoms. The van der Waals surface area contributed by atoms with Crippen LogP contribution in [0.3, 0.4) is 0 Å². The molecule has 2 saturated heterocycles.